The average Bonchev–Trinajstić information content (AvgIpc) is 3.28. The van der Waals surface area contributed by atoms with Gasteiger partial charge in [-0.15, -0.1) is 0 Å². The Hall–Kier alpha value is -3.16. The molecule has 1 aliphatic heterocycles. The highest BCUT2D eigenvalue weighted by Gasteiger charge is 2.34. The molecule has 1 heterocycles. The molecule has 2 atom stereocenters. The molecule has 4 nitrogen and oxygen atoms in total. The van der Waals surface area contributed by atoms with Crippen molar-refractivity contribution in [3.8, 4) is 0 Å². The van der Waals surface area contributed by atoms with E-state index in [9.17, 15) is 23.1 Å². The minimum Gasteiger partial charge on any atom is -0.392 e. The monoisotopic (exact) mass is 482 g/mol. The van der Waals surface area contributed by atoms with Gasteiger partial charge in [-0.05, 0) is 35.2 Å². The van der Waals surface area contributed by atoms with E-state index in [0.29, 0.717) is 31.6 Å². The molecular formula is C28H29F3N2O2. The van der Waals surface area contributed by atoms with Gasteiger partial charge in [-0.2, -0.15) is 13.2 Å². The van der Waals surface area contributed by atoms with Crippen LogP contribution in [0.3, 0.4) is 0 Å². The van der Waals surface area contributed by atoms with Crippen molar-refractivity contribution in [1.82, 2.24) is 9.80 Å². The van der Waals surface area contributed by atoms with Gasteiger partial charge in [0.25, 0.3) is 0 Å². The number of aliphatic hydroxyl groups excluding tert-OH is 1. The maximum absolute atomic E-state index is 14.0. The molecule has 4 rings (SSSR count). The average molecular weight is 483 g/mol. The highest BCUT2D eigenvalue weighted by molar-refractivity contribution is 5.87. The van der Waals surface area contributed by atoms with E-state index in [1.165, 1.54) is 12.1 Å². The van der Waals surface area contributed by atoms with E-state index in [1.54, 1.807) is 11.9 Å². The number of carbonyl (C=O) groups is 1. The Labute approximate surface area is 203 Å². The lowest BCUT2D eigenvalue weighted by atomic mass is 9.89. The Balaban J connectivity index is 1.69. The Morgan fingerprint density at radius 3 is 1.94 bits per heavy atom. The summed E-state index contributed by atoms with van der Waals surface area (Å²) >= 11 is 0. The lowest BCUT2D eigenvalue weighted by Crippen LogP contribution is -2.41. The van der Waals surface area contributed by atoms with Crippen LogP contribution in [0.15, 0.2) is 84.9 Å². The van der Waals surface area contributed by atoms with Crippen molar-refractivity contribution < 1.29 is 23.1 Å². The van der Waals surface area contributed by atoms with Crippen molar-refractivity contribution in [2.45, 2.75) is 30.7 Å². The summed E-state index contributed by atoms with van der Waals surface area (Å²) in [5.74, 6) is -0.699. The van der Waals surface area contributed by atoms with E-state index < -0.39 is 29.8 Å². The van der Waals surface area contributed by atoms with Crippen LogP contribution in [0.5, 0.6) is 0 Å². The first-order valence-electron chi connectivity index (χ1n) is 11.7. The molecular weight excluding hydrogens is 453 g/mol. The molecule has 3 aromatic carbocycles. The Morgan fingerprint density at radius 2 is 1.49 bits per heavy atom. The molecule has 1 N–H and O–H groups in total. The van der Waals surface area contributed by atoms with Gasteiger partial charge < -0.3 is 10.0 Å². The SMILES string of the molecule is CN(C(=O)C(c1ccccc1)c1ccccc1)[C@H](CN1CC[C@H](O)C1)c1ccc(C(F)(F)F)cc1. The number of benzene rings is 3. The molecule has 0 saturated carbocycles. The number of halogens is 3. The zero-order valence-corrected chi connectivity index (χ0v) is 19.5. The van der Waals surface area contributed by atoms with Crippen LogP contribution in [-0.4, -0.2) is 53.6 Å². The number of rotatable bonds is 7. The molecule has 1 fully saturated rings. The predicted octanol–water partition coefficient (Wildman–Crippen LogP) is 5.10. The summed E-state index contributed by atoms with van der Waals surface area (Å²) in [4.78, 5) is 17.7. The number of carbonyl (C=O) groups excluding carboxylic acids is 1. The van der Waals surface area contributed by atoms with Crippen molar-refractivity contribution >= 4 is 5.91 Å². The Morgan fingerprint density at radius 1 is 0.943 bits per heavy atom. The summed E-state index contributed by atoms with van der Waals surface area (Å²) in [6, 6.07) is 23.5. The first-order valence-corrected chi connectivity index (χ1v) is 11.7. The lowest BCUT2D eigenvalue weighted by molar-refractivity contribution is -0.137. The fourth-order valence-electron chi connectivity index (χ4n) is 4.69. The number of hydrogen-bond donors (Lipinski definition) is 1. The third kappa shape index (κ3) is 5.92. The number of nitrogens with zero attached hydrogens (tertiary/aromatic N) is 2. The number of likely N-dealkylation sites (tertiary alicyclic amines) is 1. The summed E-state index contributed by atoms with van der Waals surface area (Å²) < 4.78 is 39.5. The van der Waals surface area contributed by atoms with Crippen molar-refractivity contribution in [1.29, 1.82) is 0 Å². The van der Waals surface area contributed by atoms with Gasteiger partial charge in [0, 0.05) is 26.7 Å². The summed E-state index contributed by atoms with van der Waals surface area (Å²) in [5.41, 5.74) is 1.59. The van der Waals surface area contributed by atoms with Gasteiger partial charge in [-0.3, -0.25) is 9.69 Å². The van der Waals surface area contributed by atoms with Gasteiger partial charge in [0.1, 0.15) is 0 Å². The molecule has 3 aromatic rings. The summed E-state index contributed by atoms with van der Waals surface area (Å²) in [5, 5.41) is 10.00. The third-order valence-corrected chi connectivity index (χ3v) is 6.63. The van der Waals surface area contributed by atoms with Crippen molar-refractivity contribution in [2.24, 2.45) is 0 Å². The molecule has 0 aliphatic carbocycles. The fraction of sp³-hybridized carbons (Fsp3) is 0.321. The smallest absolute Gasteiger partial charge is 0.392 e. The van der Waals surface area contributed by atoms with Crippen LogP contribution >= 0.6 is 0 Å². The second kappa shape index (κ2) is 10.6. The summed E-state index contributed by atoms with van der Waals surface area (Å²) in [6.45, 7) is 1.56. The van der Waals surface area contributed by atoms with Crippen LogP contribution in [0.25, 0.3) is 0 Å². The highest BCUT2D eigenvalue weighted by atomic mass is 19.4. The second-order valence-corrected chi connectivity index (χ2v) is 9.04. The van der Waals surface area contributed by atoms with E-state index in [2.05, 4.69) is 4.90 Å². The maximum Gasteiger partial charge on any atom is 0.416 e. The fourth-order valence-corrected chi connectivity index (χ4v) is 4.69. The molecule has 0 radical (unpaired) electrons. The zero-order valence-electron chi connectivity index (χ0n) is 19.5. The molecule has 0 spiro atoms. The normalized spacial score (nSPS) is 17.5. The van der Waals surface area contributed by atoms with E-state index in [0.717, 1.165) is 23.3 Å². The minimum atomic E-state index is -4.43. The molecule has 1 saturated heterocycles. The van der Waals surface area contributed by atoms with Gasteiger partial charge >= 0.3 is 6.18 Å². The maximum atomic E-state index is 14.0. The number of aliphatic hydroxyl groups is 1. The number of β-amino-alcohol motifs (C(OH)–C–C–N with tert-alkyl or cyclic N) is 1. The quantitative estimate of drug-likeness (QED) is 0.510. The van der Waals surface area contributed by atoms with Gasteiger partial charge in [-0.25, -0.2) is 0 Å². The van der Waals surface area contributed by atoms with Crippen molar-refractivity contribution in [3.05, 3.63) is 107 Å². The largest absolute Gasteiger partial charge is 0.416 e. The standard InChI is InChI=1S/C28H29F3N2O2/c1-32(27(35)26(21-8-4-2-5-9-21)22-10-6-3-7-11-22)25(19-33-17-16-24(34)18-33)20-12-14-23(15-13-20)28(29,30)31/h2-15,24-26,34H,16-19H2,1H3/t24-,25+/m0/s1. The van der Waals surface area contributed by atoms with Gasteiger partial charge in [0.05, 0.1) is 23.6 Å². The number of hydrogen-bond acceptors (Lipinski definition) is 3. The molecule has 1 amide bonds. The Bertz CT molecular complexity index is 1070. The first kappa shape index (κ1) is 24.9. The predicted molar refractivity (Wildman–Crippen MR) is 129 cm³/mol. The van der Waals surface area contributed by atoms with Crippen LogP contribution < -0.4 is 0 Å². The highest BCUT2D eigenvalue weighted by Crippen LogP contribution is 2.33. The molecule has 0 unspecified atom stereocenters. The van der Waals surface area contributed by atoms with Crippen molar-refractivity contribution in [3.63, 3.8) is 0 Å². The Kier molecular flexibility index (Phi) is 7.57. The topological polar surface area (TPSA) is 43.8 Å². The zero-order chi connectivity index (χ0) is 25.0. The molecule has 1 aliphatic rings. The molecule has 35 heavy (non-hydrogen) atoms. The van der Waals surface area contributed by atoms with Crippen molar-refractivity contribution in [2.75, 3.05) is 26.7 Å². The van der Waals surface area contributed by atoms with Crippen LogP contribution in [0.4, 0.5) is 13.2 Å². The second-order valence-electron chi connectivity index (χ2n) is 9.04. The van der Waals surface area contributed by atoms with Crippen LogP contribution in [-0.2, 0) is 11.0 Å². The van der Waals surface area contributed by atoms with Crippen LogP contribution in [0.2, 0.25) is 0 Å². The third-order valence-electron chi connectivity index (χ3n) is 6.63. The lowest BCUT2D eigenvalue weighted by Gasteiger charge is -2.34. The van der Waals surface area contributed by atoms with Gasteiger partial charge in [0.2, 0.25) is 5.91 Å². The van der Waals surface area contributed by atoms with Gasteiger partial charge in [0.15, 0.2) is 0 Å². The van der Waals surface area contributed by atoms with E-state index >= 15 is 0 Å². The van der Waals surface area contributed by atoms with E-state index in [4.69, 9.17) is 0 Å². The van der Waals surface area contributed by atoms with Gasteiger partial charge in [-0.1, -0.05) is 72.8 Å². The number of likely N-dealkylation sites (N-methyl/N-ethyl adjacent to an activating group) is 1. The molecule has 0 aromatic heterocycles. The molecule has 0 bridgehead atoms. The van der Waals surface area contributed by atoms with E-state index in [1.807, 2.05) is 60.7 Å². The van der Waals surface area contributed by atoms with Crippen LogP contribution in [0, 0.1) is 0 Å². The summed E-state index contributed by atoms with van der Waals surface area (Å²) in [7, 11) is 1.70. The molecule has 7 heteroatoms. The van der Waals surface area contributed by atoms with Crippen LogP contribution in [0.1, 0.15) is 40.6 Å². The number of alkyl halides is 3. The number of amides is 1. The summed E-state index contributed by atoms with van der Waals surface area (Å²) in [6.07, 6.45) is -4.24. The molecule has 184 valence electrons. The first-order chi connectivity index (χ1) is 16.7. The van der Waals surface area contributed by atoms with E-state index in [-0.39, 0.29) is 5.91 Å². The minimum absolute atomic E-state index is 0.146.